The van der Waals surface area contributed by atoms with Gasteiger partial charge in [-0.1, -0.05) is 24.3 Å². The number of carbonyl (C=O) groups excluding carboxylic acids is 1. The quantitative estimate of drug-likeness (QED) is 0.835. The van der Waals surface area contributed by atoms with Crippen molar-refractivity contribution in [2.75, 3.05) is 7.11 Å². The molecule has 0 saturated heterocycles. The van der Waals surface area contributed by atoms with Crippen LogP contribution in [0.4, 0.5) is 0 Å². The number of methoxy groups -OCH3 is 1. The summed E-state index contributed by atoms with van der Waals surface area (Å²) in [4.78, 5) is 13.1. The van der Waals surface area contributed by atoms with Gasteiger partial charge in [-0.3, -0.25) is 4.79 Å². The monoisotopic (exact) mass is 296 g/mol. The molecule has 0 aliphatic carbocycles. The minimum Gasteiger partial charge on any atom is -0.497 e. The van der Waals surface area contributed by atoms with E-state index in [1.807, 2.05) is 45.0 Å². The third-order valence-corrected chi connectivity index (χ3v) is 4.28. The molecule has 3 nitrogen and oxygen atoms in total. The largest absolute Gasteiger partial charge is 0.497 e. The lowest BCUT2D eigenvalue weighted by Gasteiger charge is -2.39. The second-order valence-corrected chi connectivity index (χ2v) is 6.22. The summed E-state index contributed by atoms with van der Waals surface area (Å²) < 4.78 is 11.4. The Kier molecular flexibility index (Phi) is 3.44. The highest BCUT2D eigenvalue weighted by Gasteiger charge is 2.44. The number of ketones is 1. The number of aryl methyl sites for hydroxylation is 1. The van der Waals surface area contributed by atoms with E-state index in [1.54, 1.807) is 25.3 Å². The van der Waals surface area contributed by atoms with Crippen molar-refractivity contribution in [3.05, 3.63) is 59.2 Å². The summed E-state index contributed by atoms with van der Waals surface area (Å²) in [5, 5.41) is 0. The maximum atomic E-state index is 13.1. The van der Waals surface area contributed by atoms with Crippen LogP contribution in [0.5, 0.6) is 11.5 Å². The minimum absolute atomic E-state index is 0.100. The van der Waals surface area contributed by atoms with E-state index in [-0.39, 0.29) is 11.7 Å². The van der Waals surface area contributed by atoms with Gasteiger partial charge in [0.05, 0.1) is 18.6 Å². The van der Waals surface area contributed by atoms with Crippen LogP contribution in [0.3, 0.4) is 0 Å². The molecule has 2 aromatic carbocycles. The van der Waals surface area contributed by atoms with E-state index in [4.69, 9.17) is 9.47 Å². The molecule has 22 heavy (non-hydrogen) atoms. The fourth-order valence-corrected chi connectivity index (χ4v) is 3.16. The van der Waals surface area contributed by atoms with Gasteiger partial charge in [-0.05, 0) is 44.0 Å². The molecule has 1 heterocycles. The summed E-state index contributed by atoms with van der Waals surface area (Å²) in [6.45, 7) is 5.96. The van der Waals surface area contributed by atoms with Crippen LogP contribution in [0.25, 0.3) is 0 Å². The summed E-state index contributed by atoms with van der Waals surface area (Å²) in [7, 11) is 1.60. The maximum absolute atomic E-state index is 13.1. The first-order valence-electron chi connectivity index (χ1n) is 7.41. The average Bonchev–Trinajstić information content (AvgIpc) is 2.47. The first-order valence-corrected chi connectivity index (χ1v) is 7.41. The van der Waals surface area contributed by atoms with Crippen molar-refractivity contribution < 1.29 is 14.3 Å². The van der Waals surface area contributed by atoms with Crippen molar-refractivity contribution in [2.24, 2.45) is 0 Å². The molecule has 1 aliphatic heterocycles. The third kappa shape index (κ3) is 2.27. The van der Waals surface area contributed by atoms with Crippen LogP contribution in [-0.4, -0.2) is 18.5 Å². The zero-order chi connectivity index (χ0) is 15.9. The number of fused-ring (bicyclic) bond motifs is 1. The van der Waals surface area contributed by atoms with Gasteiger partial charge < -0.3 is 9.47 Å². The zero-order valence-electron chi connectivity index (χ0n) is 13.3. The van der Waals surface area contributed by atoms with Crippen molar-refractivity contribution in [2.45, 2.75) is 32.3 Å². The van der Waals surface area contributed by atoms with Crippen LogP contribution in [0.1, 0.15) is 41.3 Å². The van der Waals surface area contributed by atoms with Gasteiger partial charge in [0, 0.05) is 6.07 Å². The van der Waals surface area contributed by atoms with E-state index in [2.05, 4.69) is 0 Å². The molecule has 0 saturated carbocycles. The highest BCUT2D eigenvalue weighted by atomic mass is 16.5. The zero-order valence-corrected chi connectivity index (χ0v) is 13.3. The van der Waals surface area contributed by atoms with Crippen molar-refractivity contribution in [1.82, 2.24) is 0 Å². The summed E-state index contributed by atoms with van der Waals surface area (Å²) in [6, 6.07) is 13.4. The molecule has 0 fully saturated rings. The number of Topliss-reactive ketones (excluding diaryl/α,β-unsaturated/α-hetero) is 1. The number of hydrogen-bond acceptors (Lipinski definition) is 3. The normalized spacial score (nSPS) is 19.3. The third-order valence-electron chi connectivity index (χ3n) is 4.28. The van der Waals surface area contributed by atoms with Gasteiger partial charge >= 0.3 is 0 Å². The van der Waals surface area contributed by atoms with Crippen molar-refractivity contribution in [3.8, 4) is 11.5 Å². The molecule has 1 unspecified atom stereocenters. The minimum atomic E-state index is -0.609. The van der Waals surface area contributed by atoms with Crippen molar-refractivity contribution in [1.29, 1.82) is 0 Å². The molecular formula is C19H20O3. The molecule has 1 aliphatic rings. The molecule has 114 valence electrons. The smallest absolute Gasteiger partial charge is 0.178 e. The standard InChI is InChI=1S/C19H20O3/c1-12-7-5-6-8-14(12)17-18(20)15-10-9-13(21-4)11-16(15)22-19(17,2)3/h5-11,17H,1-4H3. The van der Waals surface area contributed by atoms with E-state index in [1.165, 1.54) is 0 Å². The summed E-state index contributed by atoms with van der Waals surface area (Å²) >= 11 is 0. The van der Waals surface area contributed by atoms with Crippen LogP contribution < -0.4 is 9.47 Å². The fourth-order valence-electron chi connectivity index (χ4n) is 3.16. The lowest BCUT2D eigenvalue weighted by Crippen LogP contribution is -2.44. The fraction of sp³-hybridized carbons (Fsp3) is 0.316. The van der Waals surface area contributed by atoms with Gasteiger partial charge in [0.2, 0.25) is 0 Å². The van der Waals surface area contributed by atoms with Gasteiger partial charge in [0.1, 0.15) is 17.1 Å². The summed E-state index contributed by atoms with van der Waals surface area (Å²) in [6.07, 6.45) is 0. The van der Waals surface area contributed by atoms with Gasteiger partial charge in [-0.15, -0.1) is 0 Å². The van der Waals surface area contributed by atoms with Gasteiger partial charge in [-0.2, -0.15) is 0 Å². The molecule has 1 atom stereocenters. The lowest BCUT2D eigenvalue weighted by molar-refractivity contribution is 0.0481. The Morgan fingerprint density at radius 1 is 1.14 bits per heavy atom. The Hall–Kier alpha value is -2.29. The average molecular weight is 296 g/mol. The van der Waals surface area contributed by atoms with Crippen LogP contribution in [0.2, 0.25) is 0 Å². The van der Waals surface area contributed by atoms with Crippen LogP contribution in [-0.2, 0) is 0 Å². The highest BCUT2D eigenvalue weighted by Crippen LogP contribution is 2.44. The number of benzene rings is 2. The molecule has 3 heteroatoms. The van der Waals surface area contributed by atoms with Gasteiger partial charge in [0.15, 0.2) is 5.78 Å². The second-order valence-electron chi connectivity index (χ2n) is 6.22. The summed E-state index contributed by atoms with van der Waals surface area (Å²) in [5.41, 5.74) is 2.14. The Morgan fingerprint density at radius 2 is 1.86 bits per heavy atom. The van der Waals surface area contributed by atoms with Crippen molar-refractivity contribution >= 4 is 5.78 Å². The van der Waals surface area contributed by atoms with Gasteiger partial charge in [0.25, 0.3) is 0 Å². The molecule has 0 spiro atoms. The first-order chi connectivity index (χ1) is 10.4. The highest BCUT2D eigenvalue weighted by molar-refractivity contribution is 6.05. The lowest BCUT2D eigenvalue weighted by atomic mass is 9.75. The van der Waals surface area contributed by atoms with E-state index in [0.717, 1.165) is 11.1 Å². The molecule has 3 rings (SSSR count). The molecule has 0 bridgehead atoms. The predicted molar refractivity (Wildman–Crippen MR) is 86.0 cm³/mol. The second kappa shape index (κ2) is 5.16. The van der Waals surface area contributed by atoms with Crippen LogP contribution in [0.15, 0.2) is 42.5 Å². The number of carbonyl (C=O) groups is 1. The number of ether oxygens (including phenoxy) is 2. The Labute approximate surface area is 130 Å². The topological polar surface area (TPSA) is 35.5 Å². The van der Waals surface area contributed by atoms with E-state index >= 15 is 0 Å². The van der Waals surface area contributed by atoms with E-state index in [9.17, 15) is 4.79 Å². The number of rotatable bonds is 2. The maximum Gasteiger partial charge on any atom is 0.178 e. The molecule has 2 aromatic rings. The molecular weight excluding hydrogens is 276 g/mol. The van der Waals surface area contributed by atoms with Gasteiger partial charge in [-0.25, -0.2) is 0 Å². The van der Waals surface area contributed by atoms with Crippen LogP contribution in [0, 0.1) is 6.92 Å². The summed E-state index contributed by atoms with van der Waals surface area (Å²) in [5.74, 6) is 1.08. The molecule has 0 amide bonds. The first kappa shape index (κ1) is 14.6. The number of hydrogen-bond donors (Lipinski definition) is 0. The molecule has 0 aromatic heterocycles. The van der Waals surface area contributed by atoms with Crippen LogP contribution >= 0.6 is 0 Å². The van der Waals surface area contributed by atoms with Crippen molar-refractivity contribution in [3.63, 3.8) is 0 Å². The van der Waals surface area contributed by atoms with E-state index < -0.39 is 5.60 Å². The molecule has 0 N–H and O–H groups in total. The Morgan fingerprint density at radius 3 is 2.55 bits per heavy atom. The molecule has 0 radical (unpaired) electrons. The predicted octanol–water partition coefficient (Wildman–Crippen LogP) is 4.14. The SMILES string of the molecule is COc1ccc2c(c1)OC(C)(C)C(c1ccccc1C)C2=O. The Balaban J connectivity index is 2.13. The van der Waals surface area contributed by atoms with E-state index in [0.29, 0.717) is 17.1 Å². The Bertz CT molecular complexity index is 731.